The van der Waals surface area contributed by atoms with E-state index in [4.69, 9.17) is 0 Å². The molecule has 5 heteroatoms. The van der Waals surface area contributed by atoms with Crippen molar-refractivity contribution in [3.8, 4) is 0 Å². The quantitative estimate of drug-likeness (QED) is 0.737. The minimum absolute atomic E-state index is 0.400. The van der Waals surface area contributed by atoms with Gasteiger partial charge in [0.1, 0.15) is 4.21 Å². The van der Waals surface area contributed by atoms with Crippen molar-refractivity contribution in [2.45, 2.75) is 4.21 Å². The highest BCUT2D eigenvalue weighted by Crippen LogP contribution is 2.22. The molecule has 1 aromatic rings. The van der Waals surface area contributed by atoms with Crippen LogP contribution < -0.4 is 0 Å². The van der Waals surface area contributed by atoms with Gasteiger partial charge in [0.05, 0.1) is 3.79 Å². The summed E-state index contributed by atoms with van der Waals surface area (Å²) in [5.74, 6) is 0. The molecule has 0 aromatic carbocycles. The minimum atomic E-state index is -2.39. The van der Waals surface area contributed by atoms with Crippen molar-refractivity contribution in [1.82, 2.24) is 0 Å². The zero-order valence-electron chi connectivity index (χ0n) is 4.20. The Bertz CT molecular complexity index is 268. The van der Waals surface area contributed by atoms with Crippen molar-refractivity contribution in [3.63, 3.8) is 0 Å². The number of hydrogen-bond donors (Lipinski definition) is 1. The summed E-state index contributed by atoms with van der Waals surface area (Å²) in [5.41, 5.74) is 0. The van der Waals surface area contributed by atoms with Crippen LogP contribution in [0.25, 0.3) is 0 Å². The highest BCUT2D eigenvalue weighted by atomic mass is 79.9. The van der Waals surface area contributed by atoms with Crippen molar-refractivity contribution in [2.24, 2.45) is 0 Å². The van der Waals surface area contributed by atoms with Crippen LogP contribution in [0.15, 0.2) is 20.1 Å². The fourth-order valence-corrected chi connectivity index (χ4v) is 2.69. The summed E-state index contributed by atoms with van der Waals surface area (Å²) >= 11 is 4.37. The van der Waals surface area contributed by atoms with Gasteiger partial charge < -0.3 is 0 Å². The Hall–Kier alpha value is 0.130. The van der Waals surface area contributed by atoms with Gasteiger partial charge in [-0.1, -0.05) is 0 Å². The summed E-state index contributed by atoms with van der Waals surface area (Å²) in [5, 5.41) is 0. The third-order valence-electron chi connectivity index (χ3n) is 0.739. The van der Waals surface area contributed by atoms with Crippen LogP contribution in [-0.2, 0) is 10.7 Å². The van der Waals surface area contributed by atoms with Crippen molar-refractivity contribution in [3.05, 3.63) is 15.9 Å². The molecule has 0 atom stereocenters. The summed E-state index contributed by atoms with van der Waals surface area (Å²) in [4.78, 5) is 0. The van der Waals surface area contributed by atoms with E-state index in [9.17, 15) is 8.42 Å². The first-order valence-corrected chi connectivity index (χ1v) is 4.88. The molecule has 50 valence electrons. The van der Waals surface area contributed by atoms with E-state index < -0.39 is 10.7 Å². The van der Waals surface area contributed by atoms with Gasteiger partial charge in [0.25, 0.3) is 0 Å². The van der Waals surface area contributed by atoms with Gasteiger partial charge in [-0.15, -0.1) is 11.3 Å². The van der Waals surface area contributed by atoms with Crippen molar-refractivity contribution in [2.75, 3.05) is 0 Å². The average molecular weight is 227 g/mol. The van der Waals surface area contributed by atoms with Crippen LogP contribution in [0.1, 0.15) is 0 Å². The van der Waals surface area contributed by atoms with E-state index in [0.29, 0.717) is 4.21 Å². The van der Waals surface area contributed by atoms with E-state index in [2.05, 4.69) is 15.9 Å². The second-order valence-corrected chi connectivity index (χ2v) is 5.10. The Kier molecular flexibility index (Phi) is 2.26. The molecule has 0 aliphatic carbocycles. The van der Waals surface area contributed by atoms with Crippen LogP contribution >= 0.6 is 27.3 Å². The number of thiophene rings is 1. The zero-order chi connectivity index (χ0) is 6.85. The van der Waals surface area contributed by atoms with Crippen LogP contribution in [-0.4, -0.2) is 8.42 Å². The molecule has 1 aromatic heterocycles. The Balaban J connectivity index is 3.12. The molecule has 2 nitrogen and oxygen atoms in total. The maximum Gasteiger partial charge on any atom is 0.177 e. The lowest BCUT2D eigenvalue weighted by Gasteiger charge is -1.72. The number of hydrogen-bond acceptors (Lipinski definition) is 3. The van der Waals surface area contributed by atoms with Crippen molar-refractivity contribution >= 4 is 38.0 Å². The molecule has 0 aliphatic rings. The monoisotopic (exact) mass is 226 g/mol. The highest BCUT2D eigenvalue weighted by Gasteiger charge is 1.96. The maximum absolute atomic E-state index is 10.2. The Labute approximate surface area is 66.6 Å². The first-order valence-electron chi connectivity index (χ1n) is 2.10. The summed E-state index contributed by atoms with van der Waals surface area (Å²) < 4.78 is 21.7. The summed E-state index contributed by atoms with van der Waals surface area (Å²) in [7, 11) is -2.39. The average Bonchev–Trinajstić information content (AvgIpc) is 2.14. The summed E-state index contributed by atoms with van der Waals surface area (Å²) in [6.07, 6.45) is 0. The SMILES string of the molecule is O=[SH](=O)c1ccc(Br)s1. The van der Waals surface area contributed by atoms with Gasteiger partial charge in [0, 0.05) is 0 Å². The number of thiol groups is 1. The molecule has 1 rings (SSSR count). The van der Waals surface area contributed by atoms with Crippen LogP contribution in [0.3, 0.4) is 0 Å². The predicted octanol–water partition coefficient (Wildman–Crippen LogP) is 1.48. The van der Waals surface area contributed by atoms with E-state index in [1.807, 2.05) is 0 Å². The minimum Gasteiger partial charge on any atom is -0.226 e. The van der Waals surface area contributed by atoms with Crippen LogP contribution in [0.5, 0.6) is 0 Å². The summed E-state index contributed by atoms with van der Waals surface area (Å²) in [6.45, 7) is 0. The van der Waals surface area contributed by atoms with E-state index in [1.165, 1.54) is 11.3 Å². The maximum atomic E-state index is 10.2. The molecular weight excluding hydrogens is 224 g/mol. The normalized spacial score (nSPS) is 10.4. The fraction of sp³-hybridized carbons (Fsp3) is 0. The number of rotatable bonds is 1. The second kappa shape index (κ2) is 2.81. The largest absolute Gasteiger partial charge is 0.226 e. The first-order chi connectivity index (χ1) is 4.20. The Morgan fingerprint density at radius 2 is 2.11 bits per heavy atom. The lowest BCUT2D eigenvalue weighted by atomic mass is 10.7. The molecule has 1 heterocycles. The van der Waals surface area contributed by atoms with Gasteiger partial charge in [0.15, 0.2) is 10.7 Å². The van der Waals surface area contributed by atoms with Crippen molar-refractivity contribution < 1.29 is 8.42 Å². The molecule has 0 spiro atoms. The topological polar surface area (TPSA) is 34.1 Å². The fourth-order valence-electron chi connectivity index (χ4n) is 0.403. The number of halogens is 1. The molecule has 0 saturated heterocycles. The van der Waals surface area contributed by atoms with E-state index in [-0.39, 0.29) is 0 Å². The predicted molar refractivity (Wildman–Crippen MR) is 40.6 cm³/mol. The lowest BCUT2D eigenvalue weighted by molar-refractivity contribution is 0.616. The molecule has 0 saturated carbocycles. The van der Waals surface area contributed by atoms with Crippen LogP contribution in [0.4, 0.5) is 0 Å². The highest BCUT2D eigenvalue weighted by molar-refractivity contribution is 9.11. The third kappa shape index (κ3) is 1.77. The van der Waals surface area contributed by atoms with E-state index in [0.717, 1.165) is 3.79 Å². The molecule has 0 unspecified atom stereocenters. The first kappa shape index (κ1) is 7.24. The third-order valence-corrected chi connectivity index (χ3v) is 3.40. The van der Waals surface area contributed by atoms with Gasteiger partial charge in [-0.25, -0.2) is 8.42 Å². The molecular formula is C4H3BrO2S2. The smallest absolute Gasteiger partial charge is 0.177 e. The van der Waals surface area contributed by atoms with Gasteiger partial charge in [-0.2, -0.15) is 0 Å². The van der Waals surface area contributed by atoms with E-state index in [1.54, 1.807) is 12.1 Å². The summed E-state index contributed by atoms with van der Waals surface area (Å²) in [6, 6.07) is 3.28. The molecule has 0 N–H and O–H groups in total. The standard InChI is InChI=1S/C4H3BrO2S2/c5-3-1-2-4(8-3)9(6)7/h1-2,9H. The second-order valence-electron chi connectivity index (χ2n) is 1.33. The van der Waals surface area contributed by atoms with Gasteiger partial charge in [-0.05, 0) is 28.1 Å². The van der Waals surface area contributed by atoms with Gasteiger partial charge in [-0.3, -0.25) is 0 Å². The van der Waals surface area contributed by atoms with E-state index >= 15 is 0 Å². The van der Waals surface area contributed by atoms with Crippen LogP contribution in [0, 0.1) is 0 Å². The van der Waals surface area contributed by atoms with Crippen molar-refractivity contribution in [1.29, 1.82) is 0 Å². The Morgan fingerprint density at radius 3 is 2.33 bits per heavy atom. The molecule has 0 aliphatic heterocycles. The Morgan fingerprint density at radius 1 is 1.44 bits per heavy atom. The van der Waals surface area contributed by atoms with Crippen LogP contribution in [0.2, 0.25) is 0 Å². The molecule has 0 amide bonds. The molecule has 0 fully saturated rings. The molecule has 0 bridgehead atoms. The zero-order valence-corrected chi connectivity index (χ0v) is 7.50. The van der Waals surface area contributed by atoms with Gasteiger partial charge >= 0.3 is 0 Å². The molecule has 0 radical (unpaired) electrons. The van der Waals surface area contributed by atoms with Gasteiger partial charge in [0.2, 0.25) is 0 Å². The molecule has 9 heavy (non-hydrogen) atoms. The lowest BCUT2D eigenvalue weighted by Crippen LogP contribution is -1.66.